The SMILES string of the molecule is CCCCCC1CCC(CCc2ccc3c(F)c(CCc4ccc(C(F)(F)F)c(F)c4)ccc3c2)CC1. The van der Waals surface area contributed by atoms with Gasteiger partial charge >= 0.3 is 6.18 Å². The van der Waals surface area contributed by atoms with E-state index in [9.17, 15) is 17.6 Å². The molecule has 0 aliphatic heterocycles. The number of alkyl halides is 3. The fraction of sp³-hybridized carbons (Fsp3) is 0.500. The molecule has 1 aliphatic carbocycles. The fourth-order valence-electron chi connectivity index (χ4n) is 5.82. The van der Waals surface area contributed by atoms with Gasteiger partial charge in [0, 0.05) is 5.39 Å². The van der Waals surface area contributed by atoms with Crippen LogP contribution in [0.5, 0.6) is 0 Å². The van der Waals surface area contributed by atoms with Crippen LogP contribution in [-0.4, -0.2) is 0 Å². The van der Waals surface area contributed by atoms with E-state index in [1.165, 1.54) is 69.4 Å². The summed E-state index contributed by atoms with van der Waals surface area (Å²) in [6, 6.07) is 12.5. The highest BCUT2D eigenvalue weighted by Gasteiger charge is 2.33. The number of hydrogen-bond donors (Lipinski definition) is 0. The largest absolute Gasteiger partial charge is 0.419 e. The van der Waals surface area contributed by atoms with Gasteiger partial charge in [-0.15, -0.1) is 0 Å². The standard InChI is InChI=1S/C32H37F5/c1-2-3-4-5-22-6-8-23(9-7-22)10-11-24-13-18-28-27(20-24)17-16-26(31(28)34)15-12-25-14-19-29(30(33)21-25)32(35,36)37/h13-14,16-23H,2-12,15H2,1H3. The second-order valence-electron chi connectivity index (χ2n) is 10.8. The predicted molar refractivity (Wildman–Crippen MR) is 141 cm³/mol. The summed E-state index contributed by atoms with van der Waals surface area (Å²) in [6.07, 6.45) is 8.77. The van der Waals surface area contributed by atoms with Crippen LogP contribution in [0.3, 0.4) is 0 Å². The Bertz CT molecular complexity index is 1170. The third-order valence-electron chi connectivity index (χ3n) is 8.14. The van der Waals surface area contributed by atoms with Crippen LogP contribution >= 0.6 is 0 Å². The van der Waals surface area contributed by atoms with Gasteiger partial charge in [0.25, 0.3) is 0 Å². The van der Waals surface area contributed by atoms with Crippen molar-refractivity contribution in [1.29, 1.82) is 0 Å². The molecule has 3 aromatic carbocycles. The van der Waals surface area contributed by atoms with E-state index in [2.05, 4.69) is 13.0 Å². The van der Waals surface area contributed by atoms with E-state index in [0.717, 1.165) is 35.8 Å². The van der Waals surface area contributed by atoms with Crippen LogP contribution in [0.25, 0.3) is 10.8 Å². The summed E-state index contributed by atoms with van der Waals surface area (Å²) in [4.78, 5) is 0. The van der Waals surface area contributed by atoms with E-state index in [1.54, 1.807) is 6.07 Å². The first-order chi connectivity index (χ1) is 17.7. The molecule has 200 valence electrons. The average molecular weight is 517 g/mol. The maximum absolute atomic E-state index is 15.2. The molecule has 0 amide bonds. The van der Waals surface area contributed by atoms with Crippen LogP contribution in [0.1, 0.15) is 87.0 Å². The second kappa shape index (κ2) is 12.4. The average Bonchev–Trinajstić information content (AvgIpc) is 2.87. The number of aryl methyl sites for hydroxylation is 3. The maximum atomic E-state index is 15.2. The van der Waals surface area contributed by atoms with Gasteiger partial charge in [0.2, 0.25) is 0 Å². The predicted octanol–water partition coefficient (Wildman–Crippen LogP) is 10.2. The Hall–Kier alpha value is -2.43. The fourth-order valence-corrected chi connectivity index (χ4v) is 5.82. The van der Waals surface area contributed by atoms with Crippen molar-refractivity contribution in [1.82, 2.24) is 0 Å². The highest BCUT2D eigenvalue weighted by atomic mass is 19.4. The summed E-state index contributed by atoms with van der Waals surface area (Å²) >= 11 is 0. The van der Waals surface area contributed by atoms with Gasteiger partial charge in [0.15, 0.2) is 0 Å². The minimum atomic E-state index is -4.72. The molecule has 1 fully saturated rings. The zero-order chi connectivity index (χ0) is 26.4. The molecule has 0 radical (unpaired) electrons. The summed E-state index contributed by atoms with van der Waals surface area (Å²) < 4.78 is 67.4. The number of rotatable bonds is 10. The number of fused-ring (bicyclic) bond motifs is 1. The summed E-state index contributed by atoms with van der Waals surface area (Å²) in [7, 11) is 0. The van der Waals surface area contributed by atoms with Crippen LogP contribution in [0.2, 0.25) is 0 Å². The van der Waals surface area contributed by atoms with Gasteiger partial charge in [-0.2, -0.15) is 13.2 Å². The van der Waals surface area contributed by atoms with Crippen molar-refractivity contribution < 1.29 is 22.0 Å². The van der Waals surface area contributed by atoms with Gasteiger partial charge in [-0.1, -0.05) is 94.7 Å². The zero-order valence-corrected chi connectivity index (χ0v) is 21.6. The van der Waals surface area contributed by atoms with E-state index in [-0.39, 0.29) is 18.7 Å². The van der Waals surface area contributed by atoms with Crippen molar-refractivity contribution in [2.24, 2.45) is 11.8 Å². The first kappa shape index (κ1) is 27.6. The summed E-state index contributed by atoms with van der Waals surface area (Å²) in [5, 5.41) is 1.41. The Kier molecular flexibility index (Phi) is 9.26. The first-order valence-corrected chi connectivity index (χ1v) is 13.8. The van der Waals surface area contributed by atoms with Crippen molar-refractivity contribution >= 4 is 10.8 Å². The zero-order valence-electron chi connectivity index (χ0n) is 21.6. The van der Waals surface area contributed by atoms with Crippen molar-refractivity contribution in [2.45, 2.75) is 90.1 Å². The quantitative estimate of drug-likeness (QED) is 0.186. The van der Waals surface area contributed by atoms with Crippen molar-refractivity contribution in [3.63, 3.8) is 0 Å². The Morgan fingerprint density at radius 3 is 2.08 bits per heavy atom. The third-order valence-corrected chi connectivity index (χ3v) is 8.14. The van der Waals surface area contributed by atoms with Gasteiger partial charge in [0.05, 0.1) is 5.56 Å². The molecule has 3 aromatic rings. The maximum Gasteiger partial charge on any atom is 0.419 e. The van der Waals surface area contributed by atoms with Crippen LogP contribution in [0.4, 0.5) is 22.0 Å². The summed E-state index contributed by atoms with van der Waals surface area (Å²) in [6.45, 7) is 2.26. The molecule has 0 heterocycles. The van der Waals surface area contributed by atoms with Crippen molar-refractivity contribution in [3.8, 4) is 0 Å². The molecule has 0 spiro atoms. The molecule has 0 saturated heterocycles. The van der Waals surface area contributed by atoms with Crippen LogP contribution in [0, 0.1) is 23.5 Å². The van der Waals surface area contributed by atoms with Gasteiger partial charge in [-0.25, -0.2) is 8.78 Å². The number of unbranched alkanes of at least 4 members (excludes halogenated alkanes) is 2. The van der Waals surface area contributed by atoms with Gasteiger partial charge in [-0.05, 0) is 71.7 Å². The first-order valence-electron chi connectivity index (χ1n) is 13.8. The highest BCUT2D eigenvalue weighted by molar-refractivity contribution is 5.84. The molecule has 1 saturated carbocycles. The lowest BCUT2D eigenvalue weighted by atomic mass is 9.77. The Labute approximate surface area is 217 Å². The van der Waals surface area contributed by atoms with Crippen LogP contribution in [-0.2, 0) is 25.4 Å². The molecule has 0 N–H and O–H groups in total. The molecule has 0 nitrogen and oxygen atoms in total. The molecular weight excluding hydrogens is 479 g/mol. The molecular formula is C32H37F5. The smallest absolute Gasteiger partial charge is 0.206 e. The van der Waals surface area contributed by atoms with Gasteiger partial charge in [0.1, 0.15) is 11.6 Å². The Morgan fingerprint density at radius 1 is 0.730 bits per heavy atom. The number of hydrogen-bond acceptors (Lipinski definition) is 0. The van der Waals surface area contributed by atoms with E-state index in [4.69, 9.17) is 0 Å². The molecule has 0 unspecified atom stereocenters. The molecule has 37 heavy (non-hydrogen) atoms. The minimum absolute atomic E-state index is 0.260. The second-order valence-corrected chi connectivity index (χ2v) is 10.8. The van der Waals surface area contributed by atoms with Gasteiger partial charge < -0.3 is 0 Å². The lowest BCUT2D eigenvalue weighted by Crippen LogP contribution is -2.15. The monoisotopic (exact) mass is 516 g/mol. The highest BCUT2D eigenvalue weighted by Crippen LogP contribution is 2.35. The topological polar surface area (TPSA) is 0 Å². The van der Waals surface area contributed by atoms with E-state index < -0.39 is 17.6 Å². The van der Waals surface area contributed by atoms with Gasteiger partial charge in [-0.3, -0.25) is 0 Å². The van der Waals surface area contributed by atoms with E-state index in [0.29, 0.717) is 16.5 Å². The number of benzene rings is 3. The lowest BCUT2D eigenvalue weighted by molar-refractivity contribution is -0.140. The minimum Gasteiger partial charge on any atom is -0.206 e. The molecule has 0 bridgehead atoms. The molecule has 0 aromatic heterocycles. The Balaban J connectivity index is 1.32. The molecule has 0 atom stereocenters. The van der Waals surface area contributed by atoms with Crippen LogP contribution in [0.15, 0.2) is 48.5 Å². The summed E-state index contributed by atoms with van der Waals surface area (Å²) in [5.74, 6) is 0.0977. The normalized spacial score (nSPS) is 18.4. The molecule has 4 rings (SSSR count). The lowest BCUT2D eigenvalue weighted by Gasteiger charge is -2.28. The Morgan fingerprint density at radius 2 is 1.41 bits per heavy atom. The van der Waals surface area contributed by atoms with Crippen molar-refractivity contribution in [2.75, 3.05) is 0 Å². The number of halogens is 5. The molecule has 5 heteroatoms. The third kappa shape index (κ3) is 7.33. The van der Waals surface area contributed by atoms with E-state index >= 15 is 4.39 Å². The van der Waals surface area contributed by atoms with Crippen molar-refractivity contribution in [3.05, 3.63) is 82.4 Å². The van der Waals surface area contributed by atoms with Crippen LogP contribution < -0.4 is 0 Å². The molecule has 1 aliphatic rings. The van der Waals surface area contributed by atoms with E-state index in [1.807, 2.05) is 18.2 Å². The summed E-state index contributed by atoms with van der Waals surface area (Å²) in [5.41, 5.74) is 0.843.